The first-order chi connectivity index (χ1) is 14.3. The van der Waals surface area contributed by atoms with E-state index in [9.17, 15) is 4.79 Å². The summed E-state index contributed by atoms with van der Waals surface area (Å²) in [6.07, 6.45) is 0. The fraction of sp³-hybridized carbons (Fsp3) is 0.348. The highest BCUT2D eigenvalue weighted by atomic mass is 35.5. The van der Waals surface area contributed by atoms with E-state index in [1.54, 1.807) is 38.1 Å². The number of aromatic nitrogens is 2. The van der Waals surface area contributed by atoms with E-state index in [1.807, 2.05) is 36.1 Å². The molecule has 0 bridgehead atoms. The van der Waals surface area contributed by atoms with Gasteiger partial charge in [-0.05, 0) is 57.2 Å². The molecule has 7 heteroatoms. The van der Waals surface area contributed by atoms with Gasteiger partial charge < -0.3 is 14.5 Å². The molecule has 0 N–H and O–H groups in total. The van der Waals surface area contributed by atoms with Gasteiger partial charge in [-0.1, -0.05) is 23.7 Å². The minimum atomic E-state index is -0.964. The van der Waals surface area contributed by atoms with Crippen LogP contribution in [0.4, 0.5) is 5.82 Å². The van der Waals surface area contributed by atoms with Crippen LogP contribution >= 0.6 is 11.6 Å². The molecule has 2 heterocycles. The number of benzene rings is 2. The van der Waals surface area contributed by atoms with Crippen molar-refractivity contribution in [3.05, 3.63) is 59.2 Å². The molecule has 0 atom stereocenters. The molecular formula is C23H25ClN4O2. The molecule has 2 aromatic carbocycles. The van der Waals surface area contributed by atoms with Crippen LogP contribution in [0.5, 0.6) is 5.75 Å². The molecule has 0 spiro atoms. The monoisotopic (exact) mass is 424 g/mol. The highest BCUT2D eigenvalue weighted by Gasteiger charge is 2.36. The molecule has 0 radical (unpaired) electrons. The van der Waals surface area contributed by atoms with Gasteiger partial charge in [0.25, 0.3) is 5.91 Å². The summed E-state index contributed by atoms with van der Waals surface area (Å²) in [5, 5.41) is 0.634. The summed E-state index contributed by atoms with van der Waals surface area (Å²) in [5.41, 5.74) is 1.72. The third kappa shape index (κ3) is 4.19. The Kier molecular flexibility index (Phi) is 5.52. The van der Waals surface area contributed by atoms with Crippen molar-refractivity contribution in [3.63, 3.8) is 0 Å². The van der Waals surface area contributed by atoms with Gasteiger partial charge in [0.05, 0.1) is 16.7 Å². The zero-order valence-electron chi connectivity index (χ0n) is 17.4. The van der Waals surface area contributed by atoms with Crippen molar-refractivity contribution in [1.29, 1.82) is 0 Å². The molecule has 1 aliphatic heterocycles. The van der Waals surface area contributed by atoms with Crippen molar-refractivity contribution in [3.8, 4) is 5.75 Å². The Morgan fingerprint density at radius 2 is 1.57 bits per heavy atom. The lowest BCUT2D eigenvalue weighted by Gasteiger charge is -2.39. The number of amides is 1. The van der Waals surface area contributed by atoms with Crippen LogP contribution in [0.1, 0.15) is 19.5 Å². The average molecular weight is 425 g/mol. The molecular weight excluding hydrogens is 400 g/mol. The lowest BCUT2D eigenvalue weighted by Crippen LogP contribution is -2.56. The number of rotatable bonds is 4. The maximum Gasteiger partial charge on any atom is 0.266 e. The van der Waals surface area contributed by atoms with Gasteiger partial charge in [-0.25, -0.2) is 9.97 Å². The highest BCUT2D eigenvalue weighted by Crippen LogP contribution is 2.25. The first kappa shape index (κ1) is 20.4. The first-order valence-electron chi connectivity index (χ1n) is 10.1. The van der Waals surface area contributed by atoms with Gasteiger partial charge >= 0.3 is 0 Å². The van der Waals surface area contributed by atoms with E-state index in [1.165, 1.54) is 0 Å². The Bertz CT molecular complexity index is 1060. The Balaban J connectivity index is 1.43. The number of nitrogens with zero attached hydrogens (tertiary/aromatic N) is 4. The van der Waals surface area contributed by atoms with E-state index >= 15 is 0 Å². The van der Waals surface area contributed by atoms with Crippen LogP contribution in [-0.2, 0) is 4.79 Å². The summed E-state index contributed by atoms with van der Waals surface area (Å²) in [6.45, 7) is 8.22. The molecule has 156 valence electrons. The zero-order valence-corrected chi connectivity index (χ0v) is 18.2. The van der Waals surface area contributed by atoms with Crippen LogP contribution in [0.15, 0.2) is 48.5 Å². The van der Waals surface area contributed by atoms with Crippen LogP contribution in [-0.4, -0.2) is 52.6 Å². The van der Waals surface area contributed by atoms with E-state index < -0.39 is 5.60 Å². The normalized spacial score (nSPS) is 14.8. The number of carbonyl (C=O) groups is 1. The standard InChI is InChI=1S/C23H25ClN4O2/c1-16-21(26-20-7-5-4-6-19(20)25-16)27-12-14-28(15-13-27)22(29)23(2,3)30-18-10-8-17(24)9-11-18/h4-11H,12-15H2,1-3H3. The quantitative estimate of drug-likeness (QED) is 0.631. The van der Waals surface area contributed by atoms with Crippen molar-refractivity contribution in [1.82, 2.24) is 14.9 Å². The van der Waals surface area contributed by atoms with Gasteiger partial charge in [0.1, 0.15) is 5.75 Å². The molecule has 30 heavy (non-hydrogen) atoms. The predicted octanol–water partition coefficient (Wildman–Crippen LogP) is 4.10. The molecule has 0 saturated carbocycles. The van der Waals surface area contributed by atoms with E-state index in [4.69, 9.17) is 21.3 Å². The zero-order chi connectivity index (χ0) is 21.3. The Morgan fingerprint density at radius 1 is 0.967 bits per heavy atom. The summed E-state index contributed by atoms with van der Waals surface area (Å²) in [7, 11) is 0. The van der Waals surface area contributed by atoms with Crippen LogP contribution in [0.2, 0.25) is 5.02 Å². The molecule has 4 rings (SSSR count). The van der Waals surface area contributed by atoms with Crippen LogP contribution < -0.4 is 9.64 Å². The number of carbonyl (C=O) groups excluding carboxylic acids is 1. The van der Waals surface area contributed by atoms with Gasteiger partial charge in [-0.2, -0.15) is 0 Å². The minimum Gasteiger partial charge on any atom is -0.478 e. The Morgan fingerprint density at radius 3 is 2.20 bits per heavy atom. The van der Waals surface area contributed by atoms with E-state index in [-0.39, 0.29) is 5.91 Å². The third-order valence-electron chi connectivity index (χ3n) is 5.29. The van der Waals surface area contributed by atoms with Crippen LogP contribution in [0.25, 0.3) is 11.0 Å². The maximum atomic E-state index is 13.1. The molecule has 1 fully saturated rings. The van der Waals surface area contributed by atoms with E-state index in [0.717, 1.165) is 22.5 Å². The second-order valence-corrected chi connectivity index (χ2v) is 8.40. The second-order valence-electron chi connectivity index (χ2n) is 7.97. The largest absolute Gasteiger partial charge is 0.478 e. The van der Waals surface area contributed by atoms with Gasteiger partial charge in [0, 0.05) is 31.2 Å². The van der Waals surface area contributed by atoms with Gasteiger partial charge in [0.2, 0.25) is 0 Å². The highest BCUT2D eigenvalue weighted by molar-refractivity contribution is 6.30. The van der Waals surface area contributed by atoms with Crippen molar-refractivity contribution in [2.45, 2.75) is 26.4 Å². The van der Waals surface area contributed by atoms with Crippen molar-refractivity contribution in [2.24, 2.45) is 0 Å². The molecule has 1 amide bonds. The van der Waals surface area contributed by atoms with Gasteiger partial charge in [-0.15, -0.1) is 0 Å². The maximum absolute atomic E-state index is 13.1. The lowest BCUT2D eigenvalue weighted by atomic mass is 10.1. The minimum absolute atomic E-state index is 0.0292. The number of hydrogen-bond acceptors (Lipinski definition) is 5. The number of aryl methyl sites for hydroxylation is 1. The summed E-state index contributed by atoms with van der Waals surface area (Å²) >= 11 is 5.93. The number of anilines is 1. The SMILES string of the molecule is Cc1nc2ccccc2nc1N1CCN(C(=O)C(C)(C)Oc2ccc(Cl)cc2)CC1. The number of hydrogen-bond donors (Lipinski definition) is 0. The molecule has 1 aliphatic rings. The number of para-hydroxylation sites is 2. The fourth-order valence-electron chi connectivity index (χ4n) is 3.72. The van der Waals surface area contributed by atoms with E-state index in [0.29, 0.717) is 37.0 Å². The van der Waals surface area contributed by atoms with E-state index in [2.05, 4.69) is 9.88 Å². The summed E-state index contributed by atoms with van der Waals surface area (Å²) in [6, 6.07) is 14.9. The smallest absolute Gasteiger partial charge is 0.266 e. The topological polar surface area (TPSA) is 58.6 Å². The average Bonchev–Trinajstić information content (AvgIpc) is 2.74. The molecule has 0 unspecified atom stereocenters. The van der Waals surface area contributed by atoms with Gasteiger partial charge in [0.15, 0.2) is 11.4 Å². The van der Waals surface area contributed by atoms with Crippen molar-refractivity contribution < 1.29 is 9.53 Å². The molecule has 0 aliphatic carbocycles. The number of piperazine rings is 1. The molecule has 6 nitrogen and oxygen atoms in total. The van der Waals surface area contributed by atoms with Crippen LogP contribution in [0.3, 0.4) is 0 Å². The molecule has 1 saturated heterocycles. The number of fused-ring (bicyclic) bond motifs is 1. The van der Waals surface area contributed by atoms with Crippen LogP contribution in [0, 0.1) is 6.92 Å². The lowest BCUT2D eigenvalue weighted by molar-refractivity contribution is -0.145. The van der Waals surface area contributed by atoms with Crippen molar-refractivity contribution >= 4 is 34.4 Å². The predicted molar refractivity (Wildman–Crippen MR) is 119 cm³/mol. The fourth-order valence-corrected chi connectivity index (χ4v) is 3.85. The molecule has 3 aromatic rings. The first-order valence-corrected chi connectivity index (χ1v) is 10.4. The summed E-state index contributed by atoms with van der Waals surface area (Å²) in [5.74, 6) is 1.48. The van der Waals surface area contributed by atoms with Crippen molar-refractivity contribution in [2.75, 3.05) is 31.1 Å². The number of ether oxygens (including phenoxy) is 1. The second kappa shape index (κ2) is 8.11. The number of halogens is 1. The molecule has 1 aromatic heterocycles. The summed E-state index contributed by atoms with van der Waals surface area (Å²) in [4.78, 5) is 26.6. The Hall–Kier alpha value is -2.86. The van der Waals surface area contributed by atoms with Gasteiger partial charge in [-0.3, -0.25) is 4.79 Å². The third-order valence-corrected chi connectivity index (χ3v) is 5.54. The Labute approximate surface area is 181 Å². The summed E-state index contributed by atoms with van der Waals surface area (Å²) < 4.78 is 5.96.